The summed E-state index contributed by atoms with van der Waals surface area (Å²) in [4.78, 5) is 12.0. The topological polar surface area (TPSA) is 45.7 Å². The fourth-order valence-corrected chi connectivity index (χ4v) is 2.67. The van der Waals surface area contributed by atoms with E-state index in [-0.39, 0.29) is 24.3 Å². The highest BCUT2D eigenvalue weighted by Gasteiger charge is 2.14. The zero-order chi connectivity index (χ0) is 16.7. The average Bonchev–Trinajstić information content (AvgIpc) is 2.56. The van der Waals surface area contributed by atoms with Gasteiger partial charge in [-0.2, -0.15) is 0 Å². The number of carbonyl (C=O) groups excluding carboxylic acids is 1. The second kappa shape index (κ2) is 8.79. The summed E-state index contributed by atoms with van der Waals surface area (Å²) in [5, 5.41) is 4.78. The molecule has 0 aliphatic heterocycles. The maximum atomic E-state index is 13.5. The zero-order valence-corrected chi connectivity index (χ0v) is 14.6. The van der Waals surface area contributed by atoms with Crippen molar-refractivity contribution in [2.45, 2.75) is 25.9 Å². The number of halogens is 2. The molecule has 0 aliphatic rings. The minimum absolute atomic E-state index is 0.0937. The van der Waals surface area contributed by atoms with Crippen molar-refractivity contribution < 1.29 is 14.5 Å². The highest BCUT2D eigenvalue weighted by molar-refractivity contribution is 9.10. The highest BCUT2D eigenvalue weighted by Crippen LogP contribution is 2.16. The Bertz CT molecular complexity index is 646. The molecule has 0 aromatic heterocycles. The number of carbonyl (C=O) groups is 1. The van der Waals surface area contributed by atoms with Crippen molar-refractivity contribution in [3.05, 3.63) is 69.9 Å². The minimum Gasteiger partial charge on any atom is -0.347 e. The normalized spacial score (nSPS) is 12.0. The van der Waals surface area contributed by atoms with Crippen LogP contribution in [0.1, 0.15) is 30.5 Å². The van der Waals surface area contributed by atoms with Crippen molar-refractivity contribution >= 4 is 21.8 Å². The van der Waals surface area contributed by atoms with Crippen LogP contribution in [0.25, 0.3) is 0 Å². The van der Waals surface area contributed by atoms with Gasteiger partial charge in [0.1, 0.15) is 11.9 Å². The molecule has 3 nitrogen and oxygen atoms in total. The fourth-order valence-electron chi connectivity index (χ4n) is 2.41. The van der Waals surface area contributed by atoms with Gasteiger partial charge in [-0.25, -0.2) is 4.39 Å². The van der Waals surface area contributed by atoms with Gasteiger partial charge in [-0.05, 0) is 18.2 Å². The molecule has 5 heteroatoms. The van der Waals surface area contributed by atoms with Crippen LogP contribution in [0.3, 0.4) is 0 Å². The molecular formula is C18H21BrFN2O+. The van der Waals surface area contributed by atoms with Crippen LogP contribution < -0.4 is 10.6 Å². The molecule has 0 saturated heterocycles. The van der Waals surface area contributed by atoms with Crippen molar-refractivity contribution in [2.75, 3.05) is 6.54 Å². The number of nitrogens with two attached hydrogens (primary N) is 1. The molecule has 0 fully saturated rings. The summed E-state index contributed by atoms with van der Waals surface area (Å²) in [6.07, 6.45) is 0.933. The second-order valence-corrected chi connectivity index (χ2v) is 6.29. The first-order chi connectivity index (χ1) is 11.1. The molecule has 0 saturated carbocycles. The lowest BCUT2D eigenvalue weighted by atomic mass is 10.0. The molecule has 23 heavy (non-hydrogen) atoms. The Balaban J connectivity index is 1.83. The Kier molecular flexibility index (Phi) is 6.74. The van der Waals surface area contributed by atoms with Gasteiger partial charge < -0.3 is 10.6 Å². The van der Waals surface area contributed by atoms with E-state index in [0.29, 0.717) is 12.1 Å². The third kappa shape index (κ3) is 5.44. The zero-order valence-electron chi connectivity index (χ0n) is 13.1. The lowest BCUT2D eigenvalue weighted by Gasteiger charge is -2.14. The molecule has 0 heterocycles. The van der Waals surface area contributed by atoms with Crippen LogP contribution in [0.5, 0.6) is 0 Å². The molecule has 3 N–H and O–H groups in total. The first-order valence-corrected chi connectivity index (χ1v) is 8.48. The summed E-state index contributed by atoms with van der Waals surface area (Å²) in [6.45, 7) is 2.64. The van der Waals surface area contributed by atoms with Crippen LogP contribution in [0.4, 0.5) is 4.39 Å². The molecule has 0 radical (unpaired) electrons. The fraction of sp³-hybridized carbons (Fsp3) is 0.278. The van der Waals surface area contributed by atoms with Crippen molar-refractivity contribution in [3.63, 3.8) is 0 Å². The molecule has 1 atom stereocenters. The van der Waals surface area contributed by atoms with E-state index in [9.17, 15) is 9.18 Å². The number of amides is 1. The quantitative estimate of drug-likeness (QED) is 0.763. The van der Waals surface area contributed by atoms with Gasteiger partial charge in [-0.3, -0.25) is 4.79 Å². The molecular weight excluding hydrogens is 359 g/mol. The number of quaternary nitrogens is 1. The molecule has 2 rings (SSSR count). The summed E-state index contributed by atoms with van der Waals surface area (Å²) >= 11 is 3.42. The lowest BCUT2D eigenvalue weighted by Crippen LogP contribution is -2.87. The number of hydrogen-bond acceptors (Lipinski definition) is 1. The van der Waals surface area contributed by atoms with Crippen molar-refractivity contribution in [3.8, 4) is 0 Å². The van der Waals surface area contributed by atoms with E-state index in [0.717, 1.165) is 10.9 Å². The van der Waals surface area contributed by atoms with E-state index >= 15 is 0 Å². The number of nitrogens with one attached hydrogen (secondary N) is 1. The molecule has 0 aliphatic carbocycles. The maximum absolute atomic E-state index is 13.5. The summed E-state index contributed by atoms with van der Waals surface area (Å²) in [5.74, 6) is -0.387. The molecule has 2 aromatic rings. The number of rotatable bonds is 7. The second-order valence-electron chi connectivity index (χ2n) is 5.37. The number of hydrogen-bond donors (Lipinski definition) is 2. The van der Waals surface area contributed by atoms with Crippen LogP contribution >= 0.6 is 15.9 Å². The third-order valence-electron chi connectivity index (χ3n) is 3.76. The standard InChI is InChI=1S/C18H20BrFN2O/c1-2-17(13-7-9-15(19)10-8-13)21-12-18(23)22-11-14-5-3-4-6-16(14)20/h3-10,17,21H,2,11-12H2,1H3,(H,22,23)/p+1/t17-/m0/s1. The number of benzene rings is 2. The summed E-state index contributed by atoms with van der Waals surface area (Å²) < 4.78 is 14.5. The van der Waals surface area contributed by atoms with Gasteiger partial charge in [0, 0.05) is 28.6 Å². The maximum Gasteiger partial charge on any atom is 0.275 e. The predicted octanol–water partition coefficient (Wildman–Crippen LogP) is 2.92. The summed E-state index contributed by atoms with van der Waals surface area (Å²) in [7, 11) is 0. The molecule has 0 bridgehead atoms. The van der Waals surface area contributed by atoms with Gasteiger partial charge in [0.25, 0.3) is 5.91 Å². The third-order valence-corrected chi connectivity index (χ3v) is 4.29. The molecule has 122 valence electrons. The highest BCUT2D eigenvalue weighted by atomic mass is 79.9. The monoisotopic (exact) mass is 379 g/mol. The largest absolute Gasteiger partial charge is 0.347 e. The van der Waals surface area contributed by atoms with Gasteiger partial charge in [-0.15, -0.1) is 0 Å². The SMILES string of the molecule is CC[C@H]([NH2+]CC(=O)NCc1ccccc1F)c1ccc(Br)cc1. The summed E-state index contributed by atoms with van der Waals surface area (Å²) in [6, 6.07) is 14.8. The van der Waals surface area contributed by atoms with Crippen LogP contribution in [0.15, 0.2) is 53.0 Å². The Morgan fingerprint density at radius 1 is 1.22 bits per heavy atom. The van der Waals surface area contributed by atoms with Crippen LogP contribution in [-0.4, -0.2) is 12.5 Å². The van der Waals surface area contributed by atoms with Gasteiger partial charge >= 0.3 is 0 Å². The van der Waals surface area contributed by atoms with E-state index in [1.165, 1.54) is 11.6 Å². The Morgan fingerprint density at radius 2 is 1.91 bits per heavy atom. The molecule has 2 aromatic carbocycles. The van der Waals surface area contributed by atoms with Gasteiger partial charge in [0.15, 0.2) is 6.54 Å². The van der Waals surface area contributed by atoms with E-state index in [1.807, 2.05) is 17.4 Å². The van der Waals surface area contributed by atoms with E-state index in [2.05, 4.69) is 40.3 Å². The Labute approximate surface area is 144 Å². The van der Waals surface area contributed by atoms with Crippen LogP contribution in [-0.2, 0) is 11.3 Å². The average molecular weight is 380 g/mol. The summed E-state index contributed by atoms with van der Waals surface area (Å²) in [5.41, 5.74) is 1.69. The van der Waals surface area contributed by atoms with Crippen LogP contribution in [0, 0.1) is 5.82 Å². The van der Waals surface area contributed by atoms with Gasteiger partial charge in [-0.1, -0.05) is 53.2 Å². The minimum atomic E-state index is -0.293. The van der Waals surface area contributed by atoms with Gasteiger partial charge in [0.05, 0.1) is 0 Å². The Hall–Kier alpha value is -1.72. The Morgan fingerprint density at radius 3 is 2.57 bits per heavy atom. The van der Waals surface area contributed by atoms with Gasteiger partial charge in [0.2, 0.25) is 0 Å². The van der Waals surface area contributed by atoms with Crippen molar-refractivity contribution in [1.29, 1.82) is 0 Å². The molecule has 0 unspecified atom stereocenters. The smallest absolute Gasteiger partial charge is 0.275 e. The van der Waals surface area contributed by atoms with Crippen LogP contribution in [0.2, 0.25) is 0 Å². The van der Waals surface area contributed by atoms with Crippen molar-refractivity contribution in [1.82, 2.24) is 5.32 Å². The first-order valence-electron chi connectivity index (χ1n) is 7.69. The lowest BCUT2D eigenvalue weighted by molar-refractivity contribution is -0.686. The molecule has 1 amide bonds. The van der Waals surface area contributed by atoms with E-state index in [4.69, 9.17) is 0 Å². The molecule has 0 spiro atoms. The predicted molar refractivity (Wildman–Crippen MR) is 92.2 cm³/mol. The van der Waals surface area contributed by atoms with E-state index < -0.39 is 0 Å². The van der Waals surface area contributed by atoms with Crippen molar-refractivity contribution in [2.24, 2.45) is 0 Å². The first kappa shape index (κ1) is 17.6. The van der Waals surface area contributed by atoms with E-state index in [1.54, 1.807) is 18.2 Å².